The van der Waals surface area contributed by atoms with E-state index in [0.717, 1.165) is 32.3 Å². The highest BCUT2D eigenvalue weighted by Gasteiger charge is 2.27. The Labute approximate surface area is 98.9 Å². The van der Waals surface area contributed by atoms with Crippen molar-refractivity contribution in [3.8, 4) is 0 Å². The second-order valence-electron chi connectivity index (χ2n) is 5.08. The molecular weight excluding hydrogens is 202 g/mol. The standard InChI is InChI=1S/C12H25N3O/c1-13-9-12-10-15(7-8-16-12)11-3-5-14(2)6-4-11/h11-13H,3-10H2,1-2H3. The second-order valence-corrected chi connectivity index (χ2v) is 5.08. The molecule has 2 saturated heterocycles. The van der Waals surface area contributed by atoms with Crippen LogP contribution in [0.3, 0.4) is 0 Å². The van der Waals surface area contributed by atoms with Crippen LogP contribution in [0.5, 0.6) is 0 Å². The maximum Gasteiger partial charge on any atom is 0.0826 e. The van der Waals surface area contributed by atoms with Gasteiger partial charge < -0.3 is 15.0 Å². The molecule has 16 heavy (non-hydrogen) atoms. The van der Waals surface area contributed by atoms with Crippen LogP contribution < -0.4 is 5.32 Å². The van der Waals surface area contributed by atoms with Gasteiger partial charge in [-0.25, -0.2) is 0 Å². The van der Waals surface area contributed by atoms with Crippen LogP contribution in [0, 0.1) is 0 Å². The first kappa shape index (κ1) is 12.3. The van der Waals surface area contributed by atoms with Gasteiger partial charge in [-0.15, -0.1) is 0 Å². The molecule has 0 saturated carbocycles. The van der Waals surface area contributed by atoms with Crippen molar-refractivity contribution < 1.29 is 4.74 Å². The first-order chi connectivity index (χ1) is 7.79. The Morgan fingerprint density at radius 1 is 1.25 bits per heavy atom. The number of rotatable bonds is 3. The Kier molecular flexibility index (Phi) is 4.58. The summed E-state index contributed by atoms with van der Waals surface area (Å²) in [6.45, 7) is 6.60. The van der Waals surface area contributed by atoms with E-state index in [-0.39, 0.29) is 0 Å². The zero-order chi connectivity index (χ0) is 11.4. The molecule has 1 N–H and O–H groups in total. The summed E-state index contributed by atoms with van der Waals surface area (Å²) in [4.78, 5) is 5.07. The van der Waals surface area contributed by atoms with E-state index in [1.54, 1.807) is 0 Å². The van der Waals surface area contributed by atoms with Crippen molar-refractivity contribution in [2.45, 2.75) is 25.0 Å². The van der Waals surface area contributed by atoms with Gasteiger partial charge in [-0.2, -0.15) is 0 Å². The number of nitrogens with one attached hydrogen (secondary N) is 1. The maximum absolute atomic E-state index is 5.75. The van der Waals surface area contributed by atoms with Gasteiger partial charge in [0, 0.05) is 25.7 Å². The molecule has 2 heterocycles. The number of piperidine rings is 1. The van der Waals surface area contributed by atoms with Crippen molar-refractivity contribution in [2.75, 3.05) is 53.4 Å². The lowest BCUT2D eigenvalue weighted by Crippen LogP contribution is -2.52. The van der Waals surface area contributed by atoms with Gasteiger partial charge >= 0.3 is 0 Å². The zero-order valence-electron chi connectivity index (χ0n) is 10.6. The zero-order valence-corrected chi connectivity index (χ0v) is 10.6. The molecule has 0 aromatic rings. The van der Waals surface area contributed by atoms with Crippen LogP contribution >= 0.6 is 0 Å². The average Bonchev–Trinajstić information content (AvgIpc) is 2.31. The summed E-state index contributed by atoms with van der Waals surface area (Å²) < 4.78 is 5.75. The Morgan fingerprint density at radius 3 is 2.69 bits per heavy atom. The lowest BCUT2D eigenvalue weighted by Gasteiger charge is -2.41. The summed E-state index contributed by atoms with van der Waals surface area (Å²) in [6, 6.07) is 0.791. The first-order valence-corrected chi connectivity index (χ1v) is 6.48. The van der Waals surface area contributed by atoms with Gasteiger partial charge in [-0.3, -0.25) is 4.90 Å². The number of hydrogen-bond acceptors (Lipinski definition) is 4. The van der Waals surface area contributed by atoms with E-state index in [4.69, 9.17) is 4.74 Å². The molecule has 1 atom stereocenters. The van der Waals surface area contributed by atoms with Crippen LogP contribution in [-0.2, 0) is 4.74 Å². The van der Waals surface area contributed by atoms with Gasteiger partial charge in [0.15, 0.2) is 0 Å². The summed E-state index contributed by atoms with van der Waals surface area (Å²) in [7, 11) is 4.22. The number of ether oxygens (including phenoxy) is 1. The van der Waals surface area contributed by atoms with Crippen molar-refractivity contribution in [3.05, 3.63) is 0 Å². The predicted octanol–water partition coefficient (Wildman–Crippen LogP) is 0.000800. The fourth-order valence-electron chi connectivity index (χ4n) is 2.79. The number of hydrogen-bond donors (Lipinski definition) is 1. The summed E-state index contributed by atoms with van der Waals surface area (Å²) in [5, 5.41) is 3.21. The van der Waals surface area contributed by atoms with E-state index in [2.05, 4.69) is 22.2 Å². The molecule has 4 heteroatoms. The Balaban J connectivity index is 1.80. The van der Waals surface area contributed by atoms with Gasteiger partial charge in [-0.05, 0) is 40.0 Å². The van der Waals surface area contributed by atoms with Crippen molar-refractivity contribution in [1.29, 1.82) is 0 Å². The van der Waals surface area contributed by atoms with Crippen LogP contribution in [0.2, 0.25) is 0 Å². The highest BCUT2D eigenvalue weighted by atomic mass is 16.5. The lowest BCUT2D eigenvalue weighted by atomic mass is 10.0. The van der Waals surface area contributed by atoms with Crippen LogP contribution in [-0.4, -0.2) is 75.4 Å². The van der Waals surface area contributed by atoms with E-state index < -0.39 is 0 Å². The fourth-order valence-corrected chi connectivity index (χ4v) is 2.79. The lowest BCUT2D eigenvalue weighted by molar-refractivity contribution is -0.0489. The molecule has 2 aliphatic rings. The minimum absolute atomic E-state index is 0.387. The van der Waals surface area contributed by atoms with E-state index in [1.807, 2.05) is 7.05 Å². The van der Waals surface area contributed by atoms with Gasteiger partial charge in [0.25, 0.3) is 0 Å². The van der Waals surface area contributed by atoms with Crippen molar-refractivity contribution in [3.63, 3.8) is 0 Å². The van der Waals surface area contributed by atoms with Crippen LogP contribution in [0.1, 0.15) is 12.8 Å². The molecule has 0 aromatic heterocycles. The fraction of sp³-hybridized carbons (Fsp3) is 1.00. The highest BCUT2D eigenvalue weighted by molar-refractivity contribution is 4.83. The Hall–Kier alpha value is -0.160. The quantitative estimate of drug-likeness (QED) is 0.734. The number of nitrogens with zero attached hydrogens (tertiary/aromatic N) is 2. The van der Waals surface area contributed by atoms with Gasteiger partial charge in [0.1, 0.15) is 0 Å². The molecule has 2 fully saturated rings. The van der Waals surface area contributed by atoms with Crippen LogP contribution in [0.4, 0.5) is 0 Å². The predicted molar refractivity (Wildman–Crippen MR) is 65.8 cm³/mol. The molecular formula is C12H25N3O. The Morgan fingerprint density at radius 2 is 2.00 bits per heavy atom. The molecule has 0 aromatic carbocycles. The molecule has 0 radical (unpaired) electrons. The Bertz CT molecular complexity index is 202. The number of morpholine rings is 1. The first-order valence-electron chi connectivity index (χ1n) is 6.48. The SMILES string of the molecule is CNCC1CN(C2CCN(C)CC2)CCO1. The molecule has 1 unspecified atom stereocenters. The highest BCUT2D eigenvalue weighted by Crippen LogP contribution is 2.18. The van der Waals surface area contributed by atoms with Crippen molar-refractivity contribution in [1.82, 2.24) is 15.1 Å². The summed E-state index contributed by atoms with van der Waals surface area (Å²) in [5.74, 6) is 0. The number of likely N-dealkylation sites (N-methyl/N-ethyl adjacent to an activating group) is 1. The molecule has 0 bridgehead atoms. The van der Waals surface area contributed by atoms with E-state index in [9.17, 15) is 0 Å². The maximum atomic E-state index is 5.75. The van der Waals surface area contributed by atoms with E-state index >= 15 is 0 Å². The molecule has 4 nitrogen and oxygen atoms in total. The summed E-state index contributed by atoms with van der Waals surface area (Å²) in [5.41, 5.74) is 0. The van der Waals surface area contributed by atoms with Crippen molar-refractivity contribution in [2.24, 2.45) is 0 Å². The molecule has 0 aliphatic carbocycles. The average molecular weight is 227 g/mol. The molecule has 0 amide bonds. The van der Waals surface area contributed by atoms with E-state index in [1.165, 1.54) is 25.9 Å². The molecule has 2 aliphatic heterocycles. The summed E-state index contributed by atoms with van der Waals surface area (Å²) >= 11 is 0. The van der Waals surface area contributed by atoms with Gasteiger partial charge in [-0.1, -0.05) is 0 Å². The third-order valence-electron chi connectivity index (χ3n) is 3.81. The molecule has 94 valence electrons. The minimum Gasteiger partial charge on any atom is -0.374 e. The van der Waals surface area contributed by atoms with Crippen LogP contribution in [0.15, 0.2) is 0 Å². The minimum atomic E-state index is 0.387. The second kappa shape index (κ2) is 5.96. The monoisotopic (exact) mass is 227 g/mol. The third kappa shape index (κ3) is 3.17. The van der Waals surface area contributed by atoms with Gasteiger partial charge in [0.05, 0.1) is 12.7 Å². The third-order valence-corrected chi connectivity index (χ3v) is 3.81. The molecule has 0 spiro atoms. The normalized spacial score (nSPS) is 30.8. The molecule has 2 rings (SSSR count). The largest absolute Gasteiger partial charge is 0.374 e. The number of likely N-dealkylation sites (tertiary alicyclic amines) is 1. The van der Waals surface area contributed by atoms with E-state index in [0.29, 0.717) is 6.10 Å². The van der Waals surface area contributed by atoms with Crippen molar-refractivity contribution >= 4 is 0 Å². The van der Waals surface area contributed by atoms with Gasteiger partial charge in [0.2, 0.25) is 0 Å². The summed E-state index contributed by atoms with van der Waals surface area (Å²) in [6.07, 6.45) is 3.03. The smallest absolute Gasteiger partial charge is 0.0826 e. The topological polar surface area (TPSA) is 27.7 Å². The van der Waals surface area contributed by atoms with Crippen LogP contribution in [0.25, 0.3) is 0 Å².